The topological polar surface area (TPSA) is 49.4 Å². The van der Waals surface area contributed by atoms with Crippen LogP contribution in [0.2, 0.25) is 0 Å². The van der Waals surface area contributed by atoms with Crippen LogP contribution >= 0.6 is 0 Å². The number of hydrogen-bond acceptors (Lipinski definition) is 3. The van der Waals surface area contributed by atoms with E-state index in [0.717, 1.165) is 0 Å². The molecule has 1 heterocycles. The maximum Gasteiger partial charge on any atom is 1.00 e. The summed E-state index contributed by atoms with van der Waals surface area (Å²) in [5, 5.41) is 10.0. The van der Waals surface area contributed by atoms with Crippen LogP contribution in [0.25, 0.3) is 0 Å². The molecule has 0 bridgehead atoms. The molecule has 1 saturated heterocycles. The first-order chi connectivity index (χ1) is 4.24. The summed E-state index contributed by atoms with van der Waals surface area (Å²) >= 11 is 0. The van der Waals surface area contributed by atoms with Gasteiger partial charge < -0.3 is 9.84 Å². The molecule has 0 aromatic heterocycles. The molecule has 1 unspecified atom stereocenters. The molecule has 0 saturated carbocycles. The van der Waals surface area contributed by atoms with Gasteiger partial charge in [-0.2, -0.15) is 0 Å². The second kappa shape index (κ2) is 4.01. The molecule has 0 radical (unpaired) electrons. The summed E-state index contributed by atoms with van der Waals surface area (Å²) in [6.45, 7) is 1.76. The molecule has 0 amide bonds. The van der Waals surface area contributed by atoms with Gasteiger partial charge in [0.2, 0.25) is 0 Å². The third kappa shape index (κ3) is 2.01. The summed E-state index contributed by atoms with van der Waals surface area (Å²) < 4.78 is 4.66. The van der Waals surface area contributed by atoms with E-state index in [2.05, 4.69) is 4.74 Å². The van der Waals surface area contributed by atoms with Crippen molar-refractivity contribution in [3.63, 3.8) is 0 Å². The van der Waals surface area contributed by atoms with E-state index >= 15 is 0 Å². The van der Waals surface area contributed by atoms with E-state index in [-0.39, 0.29) is 41.2 Å². The minimum atomic E-state index is -0.461. The first kappa shape index (κ1) is 10.0. The summed E-state index contributed by atoms with van der Waals surface area (Å²) in [4.78, 5) is 10.5. The fourth-order valence-corrected chi connectivity index (χ4v) is 0.789. The molecular weight excluding hydrogens is 143 g/mol. The summed E-state index contributed by atoms with van der Waals surface area (Å²) in [6.07, 6.45) is 0.909. The average Bonchev–Trinajstić information content (AvgIpc) is 2.10. The van der Waals surface area contributed by atoms with Crippen LogP contribution in [0, 0.1) is 0 Å². The van der Waals surface area contributed by atoms with Gasteiger partial charge in [-0.25, -0.2) is 4.79 Å². The quantitative estimate of drug-likeness (QED) is 0.156. The minimum Gasteiger partial charge on any atom is -0.878 e. The Morgan fingerprint density at radius 1 is 1.80 bits per heavy atom. The van der Waals surface area contributed by atoms with Crippen molar-refractivity contribution in [1.82, 2.24) is 0 Å². The molecular formula is C6H7NaO3. The van der Waals surface area contributed by atoms with Gasteiger partial charge in [-0.05, 0) is 6.92 Å². The Balaban J connectivity index is 0.000000810. The Hall–Kier alpha value is 0.0100. The molecule has 4 heteroatoms. The molecule has 50 valence electrons. The van der Waals surface area contributed by atoms with E-state index in [9.17, 15) is 9.90 Å². The molecule has 1 rings (SSSR count). The molecule has 0 aromatic carbocycles. The molecule has 0 aromatic rings. The Labute approximate surface area is 81.4 Å². The van der Waals surface area contributed by atoms with Crippen molar-refractivity contribution < 1.29 is 44.2 Å². The van der Waals surface area contributed by atoms with Gasteiger partial charge in [0.15, 0.2) is 0 Å². The van der Waals surface area contributed by atoms with E-state index in [4.69, 9.17) is 0 Å². The van der Waals surface area contributed by atoms with Gasteiger partial charge in [0.05, 0.1) is 0 Å². The largest absolute Gasteiger partial charge is 1.00 e. The molecule has 0 N–H and O–H groups in total. The molecule has 0 aliphatic carbocycles. The van der Waals surface area contributed by atoms with Crippen LogP contribution in [0.3, 0.4) is 0 Å². The van der Waals surface area contributed by atoms with E-state index in [0.29, 0.717) is 12.7 Å². The number of hydrogen-bond donors (Lipinski definition) is 0. The maximum atomic E-state index is 10.5. The SMILES string of the molecule is CC1C/C(=C\[O-])C(=O)O1.[Na+]. The minimum absolute atomic E-state index is 0. The number of cyclic esters (lactones) is 1. The van der Waals surface area contributed by atoms with Crippen molar-refractivity contribution in [3.05, 3.63) is 11.8 Å². The maximum absolute atomic E-state index is 10.5. The third-order valence-corrected chi connectivity index (χ3v) is 1.22. The molecule has 1 atom stereocenters. The van der Waals surface area contributed by atoms with Gasteiger partial charge in [0.25, 0.3) is 0 Å². The number of esters is 1. The van der Waals surface area contributed by atoms with Crippen LogP contribution in [-0.2, 0) is 9.53 Å². The van der Waals surface area contributed by atoms with Crippen molar-refractivity contribution in [2.45, 2.75) is 19.4 Å². The van der Waals surface area contributed by atoms with Crippen LogP contribution in [0.15, 0.2) is 11.8 Å². The summed E-state index contributed by atoms with van der Waals surface area (Å²) in [5.41, 5.74) is 0.252. The Kier molecular flexibility index (Phi) is 4.01. The number of rotatable bonds is 0. The number of ether oxygens (including phenoxy) is 1. The van der Waals surface area contributed by atoms with Crippen molar-refractivity contribution in [1.29, 1.82) is 0 Å². The first-order valence-electron chi connectivity index (χ1n) is 2.76. The van der Waals surface area contributed by atoms with Gasteiger partial charge in [-0.3, -0.25) is 0 Å². The van der Waals surface area contributed by atoms with E-state index in [1.165, 1.54) is 0 Å². The van der Waals surface area contributed by atoms with Crippen LogP contribution in [-0.4, -0.2) is 12.1 Å². The van der Waals surface area contributed by atoms with Crippen LogP contribution in [0.4, 0.5) is 0 Å². The van der Waals surface area contributed by atoms with Crippen LogP contribution in [0.5, 0.6) is 0 Å². The molecule has 0 spiro atoms. The zero-order valence-electron chi connectivity index (χ0n) is 6.09. The fraction of sp³-hybridized carbons (Fsp3) is 0.500. The van der Waals surface area contributed by atoms with Crippen LogP contribution in [0.1, 0.15) is 13.3 Å². The first-order valence-corrected chi connectivity index (χ1v) is 2.76. The zero-order valence-corrected chi connectivity index (χ0v) is 8.09. The molecule has 10 heavy (non-hydrogen) atoms. The Morgan fingerprint density at radius 3 is 2.60 bits per heavy atom. The third-order valence-electron chi connectivity index (χ3n) is 1.22. The van der Waals surface area contributed by atoms with Gasteiger partial charge in [0, 0.05) is 12.0 Å². The monoisotopic (exact) mass is 150 g/mol. The van der Waals surface area contributed by atoms with Gasteiger partial charge >= 0.3 is 35.5 Å². The normalized spacial score (nSPS) is 27.9. The standard InChI is InChI=1S/C6H8O3.Na/c1-4-2-5(3-7)6(8)9-4;/h3-4,7H,2H2,1H3;/q;+1/p-1/b5-3+;. The van der Waals surface area contributed by atoms with E-state index < -0.39 is 5.97 Å². The number of carbonyl (C=O) groups excluding carboxylic acids is 1. The van der Waals surface area contributed by atoms with Crippen molar-refractivity contribution in [2.75, 3.05) is 0 Å². The van der Waals surface area contributed by atoms with Crippen LogP contribution < -0.4 is 34.7 Å². The Bertz CT molecular complexity index is 164. The molecule has 1 aliphatic heterocycles. The van der Waals surface area contributed by atoms with Gasteiger partial charge in [-0.15, -0.1) is 6.26 Å². The summed E-state index contributed by atoms with van der Waals surface area (Å²) in [6, 6.07) is 0. The predicted octanol–water partition coefficient (Wildman–Crippen LogP) is -3.43. The zero-order chi connectivity index (χ0) is 6.85. The van der Waals surface area contributed by atoms with E-state index in [1.807, 2.05) is 0 Å². The molecule has 1 fully saturated rings. The summed E-state index contributed by atoms with van der Waals surface area (Å²) in [5.74, 6) is -0.461. The van der Waals surface area contributed by atoms with Crippen molar-refractivity contribution in [2.24, 2.45) is 0 Å². The van der Waals surface area contributed by atoms with E-state index in [1.54, 1.807) is 6.92 Å². The van der Waals surface area contributed by atoms with Crippen molar-refractivity contribution in [3.8, 4) is 0 Å². The Morgan fingerprint density at radius 2 is 2.40 bits per heavy atom. The van der Waals surface area contributed by atoms with Gasteiger partial charge in [0.1, 0.15) is 6.10 Å². The molecule has 1 aliphatic rings. The number of carbonyl (C=O) groups is 1. The summed E-state index contributed by atoms with van der Waals surface area (Å²) in [7, 11) is 0. The molecule has 3 nitrogen and oxygen atoms in total. The second-order valence-electron chi connectivity index (χ2n) is 2.06. The smallest absolute Gasteiger partial charge is 0.878 e. The van der Waals surface area contributed by atoms with Gasteiger partial charge in [-0.1, -0.05) is 0 Å². The average molecular weight is 150 g/mol. The second-order valence-corrected chi connectivity index (χ2v) is 2.06. The fourth-order valence-electron chi connectivity index (χ4n) is 0.789. The van der Waals surface area contributed by atoms with Crippen molar-refractivity contribution >= 4 is 5.97 Å². The predicted molar refractivity (Wildman–Crippen MR) is 28.3 cm³/mol.